The summed E-state index contributed by atoms with van der Waals surface area (Å²) < 4.78 is 0. The molecule has 0 aliphatic carbocycles. The summed E-state index contributed by atoms with van der Waals surface area (Å²) in [5.74, 6) is -0.249. The Morgan fingerprint density at radius 2 is 2.00 bits per heavy atom. The third kappa shape index (κ3) is 3.33. The zero-order valence-electron chi connectivity index (χ0n) is 11.7. The van der Waals surface area contributed by atoms with Gasteiger partial charge in [-0.3, -0.25) is 14.9 Å². The van der Waals surface area contributed by atoms with E-state index in [-0.39, 0.29) is 17.1 Å². The molecule has 20 heavy (non-hydrogen) atoms. The lowest BCUT2D eigenvalue weighted by atomic mass is 9.90. The van der Waals surface area contributed by atoms with Crippen LogP contribution in [0.2, 0.25) is 0 Å². The molecule has 0 aromatic heterocycles. The molecule has 2 N–H and O–H groups in total. The minimum Gasteiger partial charge on any atom is -0.347 e. The van der Waals surface area contributed by atoms with Gasteiger partial charge in [-0.25, -0.2) is 0 Å². The molecule has 0 saturated carbocycles. The Morgan fingerprint density at radius 3 is 2.60 bits per heavy atom. The number of piperidine rings is 1. The molecule has 108 valence electrons. The first kappa shape index (κ1) is 14.5. The number of nitrogens with one attached hydrogen (secondary N) is 2. The van der Waals surface area contributed by atoms with Gasteiger partial charge < -0.3 is 10.6 Å². The number of carbonyl (C=O) groups excluding carboxylic acids is 1. The van der Waals surface area contributed by atoms with Crippen LogP contribution in [0.1, 0.15) is 35.7 Å². The van der Waals surface area contributed by atoms with Gasteiger partial charge in [0.25, 0.3) is 11.6 Å². The number of nitro benzene ring substituents is 1. The second-order valence-electron chi connectivity index (χ2n) is 5.58. The van der Waals surface area contributed by atoms with Crippen LogP contribution in [0.15, 0.2) is 18.2 Å². The molecular weight excluding hydrogens is 258 g/mol. The number of aryl methyl sites for hydroxylation is 1. The van der Waals surface area contributed by atoms with Gasteiger partial charge in [0.2, 0.25) is 0 Å². The molecular formula is C14H19N3O3. The van der Waals surface area contributed by atoms with Crippen molar-refractivity contribution in [2.45, 2.75) is 32.2 Å². The third-order valence-electron chi connectivity index (χ3n) is 3.66. The summed E-state index contributed by atoms with van der Waals surface area (Å²) in [6.07, 6.45) is 1.71. The molecule has 1 fully saturated rings. The normalized spacial score (nSPS) is 17.5. The summed E-state index contributed by atoms with van der Waals surface area (Å²) in [4.78, 5) is 22.7. The van der Waals surface area contributed by atoms with Crippen molar-refractivity contribution in [3.63, 3.8) is 0 Å². The number of carbonyl (C=O) groups is 1. The van der Waals surface area contributed by atoms with E-state index in [1.165, 1.54) is 12.1 Å². The lowest BCUT2D eigenvalue weighted by Gasteiger charge is -2.35. The number of nitro groups is 1. The van der Waals surface area contributed by atoms with Crippen molar-refractivity contribution < 1.29 is 9.72 Å². The van der Waals surface area contributed by atoms with Crippen LogP contribution in [-0.4, -0.2) is 29.5 Å². The topological polar surface area (TPSA) is 84.3 Å². The van der Waals surface area contributed by atoms with E-state index in [0.717, 1.165) is 25.9 Å². The first-order valence-corrected chi connectivity index (χ1v) is 6.69. The summed E-state index contributed by atoms with van der Waals surface area (Å²) in [6.45, 7) is 5.49. The van der Waals surface area contributed by atoms with Crippen molar-refractivity contribution in [2.75, 3.05) is 13.1 Å². The third-order valence-corrected chi connectivity index (χ3v) is 3.66. The molecule has 2 rings (SSSR count). The van der Waals surface area contributed by atoms with E-state index >= 15 is 0 Å². The molecule has 6 heteroatoms. The summed E-state index contributed by atoms with van der Waals surface area (Å²) >= 11 is 0. The fourth-order valence-corrected chi connectivity index (χ4v) is 2.45. The Kier molecular flexibility index (Phi) is 4.04. The molecule has 1 aliphatic heterocycles. The highest BCUT2D eigenvalue weighted by molar-refractivity contribution is 5.95. The van der Waals surface area contributed by atoms with Gasteiger partial charge in [0, 0.05) is 23.2 Å². The van der Waals surface area contributed by atoms with Gasteiger partial charge in [-0.15, -0.1) is 0 Å². The van der Waals surface area contributed by atoms with Crippen LogP contribution in [0.4, 0.5) is 5.69 Å². The van der Waals surface area contributed by atoms with Crippen LogP contribution in [0, 0.1) is 17.0 Å². The molecule has 1 amide bonds. The summed E-state index contributed by atoms with van der Waals surface area (Å²) in [5.41, 5.74) is 0.753. The maximum Gasteiger partial charge on any atom is 0.270 e. The Morgan fingerprint density at radius 1 is 1.35 bits per heavy atom. The lowest BCUT2D eigenvalue weighted by molar-refractivity contribution is -0.384. The molecule has 1 saturated heterocycles. The Hall–Kier alpha value is -1.95. The highest BCUT2D eigenvalue weighted by Gasteiger charge is 2.29. The largest absolute Gasteiger partial charge is 0.347 e. The van der Waals surface area contributed by atoms with Gasteiger partial charge >= 0.3 is 0 Å². The van der Waals surface area contributed by atoms with E-state index < -0.39 is 4.92 Å². The van der Waals surface area contributed by atoms with E-state index in [0.29, 0.717) is 11.1 Å². The minimum absolute atomic E-state index is 0.0504. The average Bonchev–Trinajstić information content (AvgIpc) is 2.38. The van der Waals surface area contributed by atoms with E-state index in [1.807, 2.05) is 6.92 Å². The molecule has 0 atom stereocenters. The summed E-state index contributed by atoms with van der Waals surface area (Å²) in [6, 6.07) is 4.46. The van der Waals surface area contributed by atoms with Crippen LogP contribution < -0.4 is 10.6 Å². The van der Waals surface area contributed by atoms with E-state index in [2.05, 4.69) is 10.6 Å². The first-order chi connectivity index (χ1) is 9.39. The molecule has 0 bridgehead atoms. The smallest absolute Gasteiger partial charge is 0.270 e. The van der Waals surface area contributed by atoms with Crippen LogP contribution in [-0.2, 0) is 0 Å². The average molecular weight is 277 g/mol. The summed E-state index contributed by atoms with van der Waals surface area (Å²) in [7, 11) is 0. The Bertz CT molecular complexity index is 536. The lowest BCUT2D eigenvalue weighted by Crippen LogP contribution is -2.52. The van der Waals surface area contributed by atoms with Crippen molar-refractivity contribution >= 4 is 11.6 Å². The zero-order valence-corrected chi connectivity index (χ0v) is 11.7. The number of amides is 1. The van der Waals surface area contributed by atoms with E-state index in [1.54, 1.807) is 13.0 Å². The van der Waals surface area contributed by atoms with Crippen molar-refractivity contribution in [2.24, 2.45) is 0 Å². The van der Waals surface area contributed by atoms with E-state index in [9.17, 15) is 14.9 Å². The maximum absolute atomic E-state index is 12.3. The van der Waals surface area contributed by atoms with Crippen molar-refractivity contribution in [3.05, 3.63) is 39.4 Å². The molecule has 1 aromatic rings. The van der Waals surface area contributed by atoms with Crippen LogP contribution in [0.5, 0.6) is 0 Å². The van der Waals surface area contributed by atoms with Crippen molar-refractivity contribution in [1.29, 1.82) is 0 Å². The second-order valence-corrected chi connectivity index (χ2v) is 5.58. The fraction of sp³-hybridized carbons (Fsp3) is 0.500. The quantitative estimate of drug-likeness (QED) is 0.651. The van der Waals surface area contributed by atoms with Crippen molar-refractivity contribution in [1.82, 2.24) is 10.6 Å². The number of hydrogen-bond acceptors (Lipinski definition) is 4. The van der Waals surface area contributed by atoms with Crippen LogP contribution in [0.3, 0.4) is 0 Å². The van der Waals surface area contributed by atoms with Gasteiger partial charge in [-0.1, -0.05) is 0 Å². The second kappa shape index (κ2) is 5.58. The number of hydrogen-bond donors (Lipinski definition) is 2. The number of rotatable bonds is 3. The van der Waals surface area contributed by atoms with Gasteiger partial charge in [-0.2, -0.15) is 0 Å². The standard InChI is InChI=1S/C14H19N3O3/c1-10-7-11(9-12(8-10)17(19)20)13(18)16-14(2)3-5-15-6-4-14/h7-9,15H,3-6H2,1-2H3,(H,16,18). The molecule has 0 unspecified atom stereocenters. The fourth-order valence-electron chi connectivity index (χ4n) is 2.45. The predicted octanol–water partition coefficient (Wildman–Crippen LogP) is 1.78. The van der Waals surface area contributed by atoms with Gasteiger partial charge in [-0.05, 0) is 51.4 Å². The molecule has 1 heterocycles. The molecule has 1 aromatic carbocycles. The van der Waals surface area contributed by atoms with E-state index in [4.69, 9.17) is 0 Å². The SMILES string of the molecule is Cc1cc(C(=O)NC2(C)CCNCC2)cc([N+](=O)[O-])c1. The Labute approximate surface area is 117 Å². The van der Waals surface area contributed by atoms with Gasteiger partial charge in [0.15, 0.2) is 0 Å². The predicted molar refractivity (Wildman–Crippen MR) is 75.8 cm³/mol. The van der Waals surface area contributed by atoms with Gasteiger partial charge in [0.05, 0.1) is 4.92 Å². The van der Waals surface area contributed by atoms with Crippen LogP contribution in [0.25, 0.3) is 0 Å². The highest BCUT2D eigenvalue weighted by Crippen LogP contribution is 2.20. The maximum atomic E-state index is 12.3. The minimum atomic E-state index is -0.476. The molecule has 6 nitrogen and oxygen atoms in total. The van der Waals surface area contributed by atoms with Gasteiger partial charge in [0.1, 0.15) is 0 Å². The van der Waals surface area contributed by atoms with Crippen molar-refractivity contribution in [3.8, 4) is 0 Å². The highest BCUT2D eigenvalue weighted by atomic mass is 16.6. The number of benzene rings is 1. The van der Waals surface area contributed by atoms with Crippen LogP contribution >= 0.6 is 0 Å². The zero-order chi connectivity index (χ0) is 14.8. The summed E-state index contributed by atoms with van der Waals surface area (Å²) in [5, 5.41) is 17.1. The first-order valence-electron chi connectivity index (χ1n) is 6.69. The number of non-ortho nitro benzene ring substituents is 1. The number of nitrogens with zero attached hydrogens (tertiary/aromatic N) is 1. The Balaban J connectivity index is 2.18. The molecule has 0 radical (unpaired) electrons. The monoisotopic (exact) mass is 277 g/mol. The molecule has 1 aliphatic rings. The molecule has 0 spiro atoms.